The number of H-pyrrole nitrogens is 1. The topological polar surface area (TPSA) is 45.8 Å². The molecule has 0 atom stereocenters. The first-order chi connectivity index (χ1) is 5.38. The fraction of sp³-hybridized carbons (Fsp3) is 0. The minimum Gasteiger partial charge on any atom is -0.267 e. The van der Waals surface area contributed by atoms with E-state index >= 15 is 0 Å². The van der Waals surface area contributed by atoms with E-state index < -0.39 is 0 Å². The summed E-state index contributed by atoms with van der Waals surface area (Å²) in [6.45, 7) is 0. The van der Waals surface area contributed by atoms with Crippen LogP contribution in [-0.2, 0) is 0 Å². The number of thioether (sulfide) groups is 2. The average molecular weight is 184 g/mol. The van der Waals surface area contributed by atoms with Crippen LogP contribution in [0.5, 0.6) is 0 Å². The monoisotopic (exact) mass is 184 g/mol. The number of hydrogen-bond donors (Lipinski definition) is 1. The van der Waals surface area contributed by atoms with Gasteiger partial charge in [-0.25, -0.2) is 5.10 Å². The molecule has 0 aliphatic carbocycles. The Morgan fingerprint density at radius 1 is 1.36 bits per heavy atom. The highest BCUT2D eigenvalue weighted by molar-refractivity contribution is 8.08. The van der Waals surface area contributed by atoms with Gasteiger partial charge in [0.15, 0.2) is 0 Å². The van der Waals surface area contributed by atoms with Crippen molar-refractivity contribution in [2.24, 2.45) is 0 Å². The van der Waals surface area contributed by atoms with E-state index in [1.54, 1.807) is 6.20 Å². The standard InChI is InChI=1S/C6H4N2OS2/c9-6-5-4(3-7-8-6)10-1-2-11-5/h1-3H,(H,8,9). The van der Waals surface area contributed by atoms with Crippen LogP contribution in [0.3, 0.4) is 0 Å². The molecule has 0 unspecified atom stereocenters. The Bertz CT molecular complexity index is 358. The summed E-state index contributed by atoms with van der Waals surface area (Å²) < 4.78 is 0. The summed E-state index contributed by atoms with van der Waals surface area (Å²) in [4.78, 5) is 12.8. The van der Waals surface area contributed by atoms with Crippen molar-refractivity contribution in [3.63, 3.8) is 0 Å². The number of nitrogens with one attached hydrogen (secondary N) is 1. The summed E-state index contributed by atoms with van der Waals surface area (Å²) >= 11 is 2.95. The number of nitrogens with zero attached hydrogens (tertiary/aromatic N) is 1. The summed E-state index contributed by atoms with van der Waals surface area (Å²) in [5, 5.41) is 9.91. The van der Waals surface area contributed by atoms with Crippen LogP contribution in [0.4, 0.5) is 0 Å². The lowest BCUT2D eigenvalue weighted by molar-refractivity contribution is 0.899. The Hall–Kier alpha value is -0.680. The van der Waals surface area contributed by atoms with Gasteiger partial charge in [-0.1, -0.05) is 23.5 Å². The highest BCUT2D eigenvalue weighted by Crippen LogP contribution is 2.33. The quantitative estimate of drug-likeness (QED) is 0.662. The predicted molar refractivity (Wildman–Crippen MR) is 45.7 cm³/mol. The molecule has 56 valence electrons. The molecule has 0 radical (unpaired) electrons. The predicted octanol–water partition coefficient (Wildman–Crippen LogP) is 1.44. The SMILES string of the molecule is O=c1[nH]ncc2c1SC=CS2. The molecule has 0 amide bonds. The Morgan fingerprint density at radius 3 is 3.00 bits per heavy atom. The molecule has 1 N–H and O–H groups in total. The van der Waals surface area contributed by atoms with Crippen molar-refractivity contribution < 1.29 is 0 Å². The molecular formula is C6H4N2OS2. The van der Waals surface area contributed by atoms with E-state index in [1.165, 1.54) is 23.5 Å². The molecule has 0 saturated heterocycles. The zero-order valence-electron chi connectivity index (χ0n) is 5.40. The van der Waals surface area contributed by atoms with E-state index in [2.05, 4.69) is 10.2 Å². The molecule has 3 nitrogen and oxygen atoms in total. The van der Waals surface area contributed by atoms with Crippen molar-refractivity contribution in [1.82, 2.24) is 10.2 Å². The fourth-order valence-electron chi connectivity index (χ4n) is 0.763. The van der Waals surface area contributed by atoms with Gasteiger partial charge in [0.2, 0.25) is 0 Å². The number of fused-ring (bicyclic) bond motifs is 1. The first-order valence-electron chi connectivity index (χ1n) is 2.94. The Labute approximate surface area is 71.3 Å². The van der Waals surface area contributed by atoms with E-state index in [0.717, 1.165) is 9.79 Å². The Balaban J connectivity index is 2.63. The van der Waals surface area contributed by atoms with Crippen molar-refractivity contribution in [3.05, 3.63) is 27.4 Å². The average Bonchev–Trinajstić information content (AvgIpc) is 2.06. The molecule has 2 heterocycles. The van der Waals surface area contributed by atoms with Crippen molar-refractivity contribution in [2.75, 3.05) is 0 Å². The summed E-state index contributed by atoms with van der Waals surface area (Å²) in [6, 6.07) is 0. The lowest BCUT2D eigenvalue weighted by Gasteiger charge is -2.05. The number of aromatic nitrogens is 2. The maximum absolute atomic E-state index is 11.1. The molecule has 0 fully saturated rings. The van der Waals surface area contributed by atoms with Crippen molar-refractivity contribution in [2.45, 2.75) is 9.79 Å². The van der Waals surface area contributed by atoms with E-state index in [0.29, 0.717) is 0 Å². The first kappa shape index (κ1) is 7.00. The van der Waals surface area contributed by atoms with Gasteiger partial charge in [0.1, 0.15) is 0 Å². The maximum atomic E-state index is 11.1. The highest BCUT2D eigenvalue weighted by atomic mass is 32.2. The normalized spacial score (nSPS) is 14.5. The van der Waals surface area contributed by atoms with Crippen LogP contribution < -0.4 is 5.56 Å². The van der Waals surface area contributed by atoms with Gasteiger partial charge in [-0.3, -0.25) is 4.79 Å². The summed E-state index contributed by atoms with van der Waals surface area (Å²) in [7, 11) is 0. The molecule has 1 aliphatic heterocycles. The van der Waals surface area contributed by atoms with Gasteiger partial charge >= 0.3 is 0 Å². The molecule has 0 spiro atoms. The molecule has 0 bridgehead atoms. The van der Waals surface area contributed by atoms with Gasteiger partial charge in [-0.05, 0) is 10.8 Å². The molecule has 1 aromatic heterocycles. The molecule has 11 heavy (non-hydrogen) atoms. The molecule has 1 aromatic rings. The second-order valence-electron chi connectivity index (χ2n) is 1.90. The van der Waals surface area contributed by atoms with Crippen LogP contribution in [0.15, 0.2) is 31.6 Å². The molecule has 5 heteroatoms. The van der Waals surface area contributed by atoms with Gasteiger partial charge in [-0.15, -0.1) is 0 Å². The molecular weight excluding hydrogens is 180 g/mol. The summed E-state index contributed by atoms with van der Waals surface area (Å²) in [5.41, 5.74) is -0.107. The minimum absolute atomic E-state index is 0.107. The van der Waals surface area contributed by atoms with E-state index in [4.69, 9.17) is 0 Å². The first-order valence-corrected chi connectivity index (χ1v) is 4.70. The highest BCUT2D eigenvalue weighted by Gasteiger charge is 2.09. The van der Waals surface area contributed by atoms with E-state index in [-0.39, 0.29) is 5.56 Å². The summed E-state index contributed by atoms with van der Waals surface area (Å²) in [5.74, 6) is 0. The zero-order chi connectivity index (χ0) is 7.68. The maximum Gasteiger partial charge on any atom is 0.279 e. The largest absolute Gasteiger partial charge is 0.279 e. The van der Waals surface area contributed by atoms with Crippen LogP contribution >= 0.6 is 23.5 Å². The van der Waals surface area contributed by atoms with Crippen LogP contribution in [0.25, 0.3) is 0 Å². The second-order valence-corrected chi connectivity index (χ2v) is 3.76. The van der Waals surface area contributed by atoms with Gasteiger partial charge in [-0.2, -0.15) is 5.10 Å². The lowest BCUT2D eigenvalue weighted by atomic mass is 10.6. The van der Waals surface area contributed by atoms with Crippen LogP contribution in [0.2, 0.25) is 0 Å². The van der Waals surface area contributed by atoms with Gasteiger partial charge in [0.05, 0.1) is 16.0 Å². The molecule has 0 saturated carbocycles. The molecule has 1 aliphatic rings. The molecule has 0 aromatic carbocycles. The number of hydrogen-bond acceptors (Lipinski definition) is 4. The van der Waals surface area contributed by atoms with Crippen molar-refractivity contribution >= 4 is 23.5 Å². The number of rotatable bonds is 0. The van der Waals surface area contributed by atoms with Gasteiger partial charge in [0, 0.05) is 0 Å². The number of aromatic amines is 1. The minimum atomic E-state index is -0.107. The Morgan fingerprint density at radius 2 is 2.18 bits per heavy atom. The van der Waals surface area contributed by atoms with E-state index in [1.807, 2.05) is 10.8 Å². The molecule has 2 rings (SSSR count). The van der Waals surface area contributed by atoms with Crippen molar-refractivity contribution in [3.8, 4) is 0 Å². The van der Waals surface area contributed by atoms with E-state index in [9.17, 15) is 4.79 Å². The van der Waals surface area contributed by atoms with Crippen LogP contribution in [-0.4, -0.2) is 10.2 Å². The van der Waals surface area contributed by atoms with Crippen molar-refractivity contribution in [1.29, 1.82) is 0 Å². The van der Waals surface area contributed by atoms with Crippen LogP contribution in [0.1, 0.15) is 0 Å². The third kappa shape index (κ3) is 1.21. The fourth-order valence-corrected chi connectivity index (χ4v) is 2.41. The smallest absolute Gasteiger partial charge is 0.267 e. The van der Waals surface area contributed by atoms with Gasteiger partial charge < -0.3 is 0 Å². The summed E-state index contributed by atoms with van der Waals surface area (Å²) in [6.07, 6.45) is 1.66. The lowest BCUT2D eigenvalue weighted by Crippen LogP contribution is -2.10. The van der Waals surface area contributed by atoms with Gasteiger partial charge in [0.25, 0.3) is 5.56 Å². The third-order valence-electron chi connectivity index (χ3n) is 1.21. The zero-order valence-corrected chi connectivity index (χ0v) is 7.04. The Kier molecular flexibility index (Phi) is 1.75. The van der Waals surface area contributed by atoms with Crippen LogP contribution in [0, 0.1) is 0 Å². The second kappa shape index (κ2) is 2.75. The third-order valence-corrected chi connectivity index (χ3v) is 3.26.